The Kier molecular flexibility index (Phi) is 4.26. The third-order valence-corrected chi connectivity index (χ3v) is 6.02. The molecule has 0 atom stereocenters. The lowest BCUT2D eigenvalue weighted by molar-refractivity contribution is 0.123. The van der Waals surface area contributed by atoms with E-state index in [-0.39, 0.29) is 0 Å². The van der Waals surface area contributed by atoms with Crippen LogP contribution in [0.25, 0.3) is 21.5 Å². The zero-order valence-electron chi connectivity index (χ0n) is 17.7. The molecule has 0 N–H and O–H groups in total. The van der Waals surface area contributed by atoms with Crippen LogP contribution in [-0.4, -0.2) is 37.4 Å². The van der Waals surface area contributed by atoms with Gasteiger partial charge in [0.25, 0.3) is 0 Å². The van der Waals surface area contributed by atoms with E-state index >= 15 is 0 Å². The van der Waals surface area contributed by atoms with Crippen LogP contribution in [0, 0.1) is 0 Å². The highest BCUT2D eigenvalue weighted by atomic mass is 16.5. The molecule has 0 fully saturated rings. The van der Waals surface area contributed by atoms with E-state index in [0.29, 0.717) is 13.5 Å². The van der Waals surface area contributed by atoms with Gasteiger partial charge in [0, 0.05) is 35.0 Å². The Bertz CT molecular complexity index is 1220. The summed E-state index contributed by atoms with van der Waals surface area (Å²) in [6.45, 7) is 2.98. The van der Waals surface area contributed by atoms with Crippen LogP contribution in [0.15, 0.2) is 60.7 Å². The highest BCUT2D eigenvalue weighted by molar-refractivity contribution is 5.92. The lowest BCUT2D eigenvalue weighted by Gasteiger charge is -2.27. The number of nitrogens with zero attached hydrogens (tertiary/aromatic N) is 2. The molecule has 4 aromatic carbocycles. The van der Waals surface area contributed by atoms with Crippen LogP contribution in [0.1, 0.15) is 11.1 Å². The molecule has 31 heavy (non-hydrogen) atoms. The van der Waals surface area contributed by atoms with Crippen LogP contribution in [0.3, 0.4) is 0 Å². The molecule has 156 valence electrons. The second kappa shape index (κ2) is 7.15. The van der Waals surface area contributed by atoms with E-state index in [1.165, 1.54) is 11.1 Å². The summed E-state index contributed by atoms with van der Waals surface area (Å²) in [4.78, 5) is 4.31. The molecule has 6 rings (SSSR count). The van der Waals surface area contributed by atoms with Crippen molar-refractivity contribution in [3.05, 3.63) is 71.8 Å². The van der Waals surface area contributed by atoms with Crippen molar-refractivity contribution < 1.29 is 14.2 Å². The summed E-state index contributed by atoms with van der Waals surface area (Å²) in [6, 6.07) is 21.0. The van der Waals surface area contributed by atoms with Gasteiger partial charge in [-0.05, 0) is 49.1 Å². The van der Waals surface area contributed by atoms with Crippen molar-refractivity contribution in [1.82, 2.24) is 9.80 Å². The van der Waals surface area contributed by atoms with E-state index in [4.69, 9.17) is 14.2 Å². The topological polar surface area (TPSA) is 34.2 Å². The Balaban J connectivity index is 1.38. The SMILES string of the molecule is CN1COc2c(ccc3ccc(Oc4ccc5ccc6c(c5c4)OCN(C)C6)cc23)C1. The molecule has 0 aromatic heterocycles. The number of rotatable bonds is 2. The Morgan fingerprint density at radius 1 is 0.645 bits per heavy atom. The summed E-state index contributed by atoms with van der Waals surface area (Å²) >= 11 is 0. The Morgan fingerprint density at radius 3 is 1.58 bits per heavy atom. The molecule has 0 unspecified atom stereocenters. The second-order valence-corrected chi connectivity index (χ2v) is 8.55. The maximum Gasteiger partial charge on any atom is 0.142 e. The summed E-state index contributed by atoms with van der Waals surface area (Å²) in [7, 11) is 4.12. The average Bonchev–Trinajstić information content (AvgIpc) is 2.78. The maximum absolute atomic E-state index is 6.29. The van der Waals surface area contributed by atoms with Crippen LogP contribution in [0.5, 0.6) is 23.0 Å². The van der Waals surface area contributed by atoms with Crippen LogP contribution in [0.2, 0.25) is 0 Å². The van der Waals surface area contributed by atoms with Gasteiger partial charge >= 0.3 is 0 Å². The maximum atomic E-state index is 6.29. The highest BCUT2D eigenvalue weighted by Crippen LogP contribution is 2.38. The van der Waals surface area contributed by atoms with Crippen molar-refractivity contribution in [2.45, 2.75) is 13.1 Å². The summed E-state index contributed by atoms with van der Waals surface area (Å²) < 4.78 is 18.4. The first-order valence-electron chi connectivity index (χ1n) is 10.6. The molecule has 0 saturated heterocycles. The Labute approximate surface area is 181 Å². The van der Waals surface area contributed by atoms with Crippen LogP contribution in [0.4, 0.5) is 0 Å². The highest BCUT2D eigenvalue weighted by Gasteiger charge is 2.19. The molecular formula is C26H24N2O3. The molecule has 0 saturated carbocycles. The third-order valence-electron chi connectivity index (χ3n) is 6.02. The zero-order valence-corrected chi connectivity index (χ0v) is 17.7. The fourth-order valence-electron chi connectivity index (χ4n) is 4.51. The van der Waals surface area contributed by atoms with Crippen molar-refractivity contribution in [2.75, 3.05) is 27.6 Å². The summed E-state index contributed by atoms with van der Waals surface area (Å²) in [5, 5.41) is 4.49. The van der Waals surface area contributed by atoms with E-state index in [2.05, 4.69) is 72.4 Å². The molecule has 5 nitrogen and oxygen atoms in total. The minimum Gasteiger partial charge on any atom is -0.477 e. The minimum absolute atomic E-state index is 0.599. The third kappa shape index (κ3) is 3.26. The lowest BCUT2D eigenvalue weighted by Crippen LogP contribution is -2.28. The fourth-order valence-corrected chi connectivity index (χ4v) is 4.51. The van der Waals surface area contributed by atoms with E-state index in [9.17, 15) is 0 Å². The number of hydrogen-bond acceptors (Lipinski definition) is 5. The van der Waals surface area contributed by atoms with Gasteiger partial charge in [-0.3, -0.25) is 9.80 Å². The van der Waals surface area contributed by atoms with E-state index < -0.39 is 0 Å². The van der Waals surface area contributed by atoms with Gasteiger partial charge in [0.2, 0.25) is 0 Å². The van der Waals surface area contributed by atoms with Gasteiger partial charge in [0.05, 0.1) is 0 Å². The molecule has 0 amide bonds. The zero-order chi connectivity index (χ0) is 20.9. The fraction of sp³-hybridized carbons (Fsp3) is 0.231. The van der Waals surface area contributed by atoms with Crippen LogP contribution < -0.4 is 14.2 Å². The van der Waals surface area contributed by atoms with Crippen molar-refractivity contribution in [1.29, 1.82) is 0 Å². The van der Waals surface area contributed by atoms with Crippen molar-refractivity contribution in [2.24, 2.45) is 0 Å². The largest absolute Gasteiger partial charge is 0.477 e. The van der Waals surface area contributed by atoms with E-state index in [1.54, 1.807) is 0 Å². The van der Waals surface area contributed by atoms with Gasteiger partial charge in [-0.2, -0.15) is 0 Å². The molecule has 0 bridgehead atoms. The molecular weight excluding hydrogens is 388 g/mol. The first-order valence-corrected chi connectivity index (χ1v) is 10.6. The van der Waals surface area contributed by atoms with E-state index in [0.717, 1.165) is 57.6 Å². The molecule has 0 spiro atoms. The standard InChI is InChI=1S/C26H24N2O3/c1-27-13-19-5-3-17-7-9-21(11-23(17)25(19)29-15-27)31-22-10-8-18-4-6-20-14-28(2)16-30-26(20)24(18)12-22/h3-12H,13-16H2,1-2H3. The lowest BCUT2D eigenvalue weighted by atomic mass is 10.0. The predicted molar refractivity (Wildman–Crippen MR) is 122 cm³/mol. The predicted octanol–water partition coefficient (Wildman–Crippen LogP) is 5.35. The average molecular weight is 412 g/mol. The molecule has 0 radical (unpaired) electrons. The molecule has 4 aromatic rings. The quantitative estimate of drug-likeness (QED) is 0.443. The Morgan fingerprint density at radius 2 is 1.10 bits per heavy atom. The number of benzene rings is 4. The molecule has 2 aliphatic rings. The van der Waals surface area contributed by atoms with Gasteiger partial charge in [-0.1, -0.05) is 36.4 Å². The first kappa shape index (κ1) is 18.5. The molecule has 2 aliphatic heterocycles. The summed E-state index contributed by atoms with van der Waals surface area (Å²) in [6.07, 6.45) is 0. The summed E-state index contributed by atoms with van der Waals surface area (Å²) in [5.41, 5.74) is 2.41. The molecule has 2 heterocycles. The Hall–Kier alpha value is -3.28. The number of ether oxygens (including phenoxy) is 3. The minimum atomic E-state index is 0.599. The normalized spacial score (nSPS) is 16.5. The first-order chi connectivity index (χ1) is 15.1. The monoisotopic (exact) mass is 412 g/mol. The van der Waals surface area contributed by atoms with Gasteiger partial charge in [0.15, 0.2) is 0 Å². The van der Waals surface area contributed by atoms with Crippen LogP contribution >= 0.6 is 0 Å². The van der Waals surface area contributed by atoms with Crippen LogP contribution in [-0.2, 0) is 13.1 Å². The van der Waals surface area contributed by atoms with Gasteiger partial charge < -0.3 is 14.2 Å². The summed E-state index contributed by atoms with van der Waals surface area (Å²) in [5.74, 6) is 3.53. The van der Waals surface area contributed by atoms with Gasteiger partial charge in [-0.25, -0.2) is 0 Å². The van der Waals surface area contributed by atoms with Crippen molar-refractivity contribution in [3.63, 3.8) is 0 Å². The number of hydrogen-bond donors (Lipinski definition) is 0. The van der Waals surface area contributed by atoms with Gasteiger partial charge in [0.1, 0.15) is 36.5 Å². The molecule has 5 heteroatoms. The van der Waals surface area contributed by atoms with E-state index in [1.807, 2.05) is 12.1 Å². The van der Waals surface area contributed by atoms with Crippen molar-refractivity contribution in [3.8, 4) is 23.0 Å². The molecule has 0 aliphatic carbocycles. The number of fused-ring (bicyclic) bond motifs is 6. The van der Waals surface area contributed by atoms with Gasteiger partial charge in [-0.15, -0.1) is 0 Å². The van der Waals surface area contributed by atoms with Crippen molar-refractivity contribution >= 4 is 21.5 Å². The smallest absolute Gasteiger partial charge is 0.142 e. The second-order valence-electron chi connectivity index (χ2n) is 8.55.